The molecule has 4 aliphatic heterocycles. The Kier molecular flexibility index (Phi) is 6.19. The van der Waals surface area contributed by atoms with E-state index in [1.54, 1.807) is 16.8 Å². The summed E-state index contributed by atoms with van der Waals surface area (Å²) in [6.45, 7) is 0.565. The quantitative estimate of drug-likeness (QED) is 0.633. The van der Waals surface area contributed by atoms with Crippen molar-refractivity contribution in [2.24, 2.45) is 11.8 Å². The topological polar surface area (TPSA) is 90.4 Å². The number of likely N-dealkylation sites (tertiary alicyclic amines) is 1. The van der Waals surface area contributed by atoms with E-state index in [0.717, 1.165) is 31.2 Å². The third kappa shape index (κ3) is 3.67. The van der Waals surface area contributed by atoms with E-state index in [1.165, 1.54) is 6.42 Å². The molecule has 1 N–H and O–H groups in total. The summed E-state index contributed by atoms with van der Waals surface area (Å²) in [7, 11) is 1.73. The molecule has 196 valence electrons. The Morgan fingerprint density at radius 3 is 2.49 bits per heavy atom. The van der Waals surface area contributed by atoms with Crippen LogP contribution in [-0.2, 0) is 19.1 Å². The Labute approximate surface area is 217 Å². The van der Waals surface area contributed by atoms with Crippen LogP contribution in [0.1, 0.15) is 43.7 Å². The molecule has 0 aromatic heterocycles. The molecule has 1 aromatic rings. The molecular weight excluding hydrogens is 470 g/mol. The van der Waals surface area contributed by atoms with Crippen molar-refractivity contribution in [3.05, 3.63) is 60.2 Å². The van der Waals surface area contributed by atoms with Crippen molar-refractivity contribution in [3.63, 3.8) is 0 Å². The largest absolute Gasteiger partial charge is 0.394 e. The van der Waals surface area contributed by atoms with Gasteiger partial charge in [0.15, 0.2) is 0 Å². The molecule has 1 saturated carbocycles. The SMILES string of the molecule is CN1CC=C[C@@H]2O[C@]34C=CCN(C5CCCCC5)C(=O)C3N([C@H](CO)c3ccccc3)C(=O)[C@@H]4[C@@H]2C1=O. The summed E-state index contributed by atoms with van der Waals surface area (Å²) in [6, 6.07) is 7.76. The zero-order valence-corrected chi connectivity index (χ0v) is 21.2. The van der Waals surface area contributed by atoms with Crippen molar-refractivity contribution >= 4 is 17.7 Å². The van der Waals surface area contributed by atoms with Gasteiger partial charge in [-0.05, 0) is 18.4 Å². The maximum absolute atomic E-state index is 14.5. The van der Waals surface area contributed by atoms with Gasteiger partial charge in [0, 0.05) is 26.2 Å². The van der Waals surface area contributed by atoms with Crippen LogP contribution in [0.2, 0.25) is 0 Å². The van der Waals surface area contributed by atoms with Gasteiger partial charge in [-0.25, -0.2) is 0 Å². The predicted molar refractivity (Wildman–Crippen MR) is 136 cm³/mol. The molecule has 1 aliphatic carbocycles. The van der Waals surface area contributed by atoms with E-state index >= 15 is 0 Å². The summed E-state index contributed by atoms with van der Waals surface area (Å²) < 4.78 is 6.68. The minimum Gasteiger partial charge on any atom is -0.394 e. The van der Waals surface area contributed by atoms with Gasteiger partial charge in [0.1, 0.15) is 11.6 Å². The summed E-state index contributed by atoms with van der Waals surface area (Å²) in [6.07, 6.45) is 12.2. The normalized spacial score (nSPS) is 34.8. The molecule has 2 saturated heterocycles. The molecule has 1 spiro atoms. The highest BCUT2D eigenvalue weighted by Crippen LogP contribution is 2.55. The average molecular weight is 506 g/mol. The van der Waals surface area contributed by atoms with Crippen LogP contribution in [0.5, 0.6) is 0 Å². The summed E-state index contributed by atoms with van der Waals surface area (Å²) in [5, 5.41) is 10.6. The van der Waals surface area contributed by atoms with E-state index in [9.17, 15) is 19.5 Å². The van der Waals surface area contributed by atoms with E-state index in [4.69, 9.17) is 4.74 Å². The van der Waals surface area contributed by atoms with Gasteiger partial charge in [-0.15, -0.1) is 0 Å². The van der Waals surface area contributed by atoms with Crippen molar-refractivity contribution in [1.82, 2.24) is 14.7 Å². The van der Waals surface area contributed by atoms with E-state index in [-0.39, 0.29) is 30.4 Å². The number of aliphatic hydroxyl groups is 1. The second kappa shape index (κ2) is 9.40. The predicted octanol–water partition coefficient (Wildman–Crippen LogP) is 2.06. The van der Waals surface area contributed by atoms with E-state index in [0.29, 0.717) is 13.1 Å². The Balaban J connectivity index is 1.49. The number of carbonyl (C=O) groups is 3. The number of fused-ring (bicyclic) bond motifs is 2. The van der Waals surface area contributed by atoms with Crippen LogP contribution < -0.4 is 0 Å². The van der Waals surface area contributed by atoms with Crippen LogP contribution in [0.15, 0.2) is 54.6 Å². The van der Waals surface area contributed by atoms with Crippen LogP contribution in [-0.4, -0.2) is 88.1 Å². The van der Waals surface area contributed by atoms with Gasteiger partial charge in [0.25, 0.3) is 0 Å². The maximum Gasteiger partial charge on any atom is 0.249 e. The average Bonchev–Trinajstić information content (AvgIpc) is 3.24. The standard InChI is InChI=1S/C29H35N3O5/c1-30-16-8-14-22-23(26(30)34)24-27(35)32(21(18-33)19-10-4-2-5-11-19)25-28(36)31(20-12-6-3-7-13-20)17-9-15-29(24,25)37-22/h2,4-5,8-11,14-15,20-25,33H,3,6-7,12-13,16-18H2,1H3/t21-,22+,23-,24+,25?,29+/m1/s1. The second-order valence-electron chi connectivity index (χ2n) is 11.0. The number of benzene rings is 1. The first-order valence-electron chi connectivity index (χ1n) is 13.5. The minimum absolute atomic E-state index is 0.112. The molecule has 0 bridgehead atoms. The summed E-state index contributed by atoms with van der Waals surface area (Å²) in [4.78, 5) is 47.6. The van der Waals surface area contributed by atoms with E-state index in [2.05, 4.69) is 0 Å². The molecular formula is C29H35N3O5. The molecule has 4 heterocycles. The minimum atomic E-state index is -1.27. The Morgan fingerprint density at radius 1 is 1.00 bits per heavy atom. The molecule has 6 rings (SSSR count). The number of aliphatic hydroxyl groups excluding tert-OH is 1. The molecule has 0 radical (unpaired) electrons. The molecule has 3 amide bonds. The van der Waals surface area contributed by atoms with Gasteiger partial charge < -0.3 is 24.5 Å². The highest BCUT2D eigenvalue weighted by atomic mass is 16.5. The number of nitrogens with zero attached hydrogens (tertiary/aromatic N) is 3. The maximum atomic E-state index is 14.5. The first kappa shape index (κ1) is 24.4. The zero-order valence-electron chi connectivity index (χ0n) is 21.2. The van der Waals surface area contributed by atoms with Gasteiger partial charge in [0.2, 0.25) is 17.7 Å². The number of rotatable bonds is 4. The number of hydrogen-bond donors (Lipinski definition) is 1. The molecule has 6 atom stereocenters. The number of amides is 3. The monoisotopic (exact) mass is 505 g/mol. The fraction of sp³-hybridized carbons (Fsp3) is 0.552. The molecule has 37 heavy (non-hydrogen) atoms. The third-order valence-corrected chi connectivity index (χ3v) is 9.04. The highest BCUT2D eigenvalue weighted by Gasteiger charge is 2.72. The molecule has 5 aliphatic rings. The Hall–Kier alpha value is -2.97. The lowest BCUT2D eigenvalue weighted by Gasteiger charge is -2.41. The Morgan fingerprint density at radius 2 is 1.76 bits per heavy atom. The summed E-state index contributed by atoms with van der Waals surface area (Å²) >= 11 is 0. The van der Waals surface area contributed by atoms with Gasteiger partial charge in [-0.2, -0.15) is 0 Å². The van der Waals surface area contributed by atoms with Crippen molar-refractivity contribution in [2.45, 2.75) is 61.9 Å². The van der Waals surface area contributed by atoms with Crippen molar-refractivity contribution in [1.29, 1.82) is 0 Å². The zero-order chi connectivity index (χ0) is 25.7. The Bertz CT molecular complexity index is 1130. The lowest BCUT2D eigenvalue weighted by atomic mass is 9.77. The molecule has 8 nitrogen and oxygen atoms in total. The molecule has 1 aromatic carbocycles. The van der Waals surface area contributed by atoms with Crippen LogP contribution in [0, 0.1) is 11.8 Å². The van der Waals surface area contributed by atoms with Gasteiger partial charge in [-0.1, -0.05) is 73.9 Å². The van der Waals surface area contributed by atoms with Crippen LogP contribution in [0.25, 0.3) is 0 Å². The van der Waals surface area contributed by atoms with Gasteiger partial charge in [-0.3, -0.25) is 14.4 Å². The van der Waals surface area contributed by atoms with E-state index in [1.807, 2.05) is 59.5 Å². The van der Waals surface area contributed by atoms with Gasteiger partial charge >= 0.3 is 0 Å². The first-order chi connectivity index (χ1) is 18.0. The smallest absolute Gasteiger partial charge is 0.249 e. The van der Waals surface area contributed by atoms with Crippen molar-refractivity contribution in [2.75, 3.05) is 26.7 Å². The molecule has 1 unspecified atom stereocenters. The summed E-state index contributed by atoms with van der Waals surface area (Å²) in [5.74, 6) is -2.17. The molecule has 8 heteroatoms. The lowest BCUT2D eigenvalue weighted by Crippen LogP contribution is -2.58. The van der Waals surface area contributed by atoms with Crippen LogP contribution in [0.3, 0.4) is 0 Å². The van der Waals surface area contributed by atoms with Crippen LogP contribution >= 0.6 is 0 Å². The number of likely N-dealkylation sites (N-methyl/N-ethyl adjacent to an activating group) is 1. The number of ether oxygens (including phenoxy) is 1. The fourth-order valence-electron chi connectivity index (χ4n) is 7.31. The number of hydrogen-bond acceptors (Lipinski definition) is 5. The third-order valence-electron chi connectivity index (χ3n) is 9.04. The highest BCUT2D eigenvalue weighted by molar-refractivity contribution is 6.00. The molecule has 3 fully saturated rings. The lowest BCUT2D eigenvalue weighted by molar-refractivity contribution is -0.153. The van der Waals surface area contributed by atoms with Crippen molar-refractivity contribution in [3.8, 4) is 0 Å². The summed E-state index contributed by atoms with van der Waals surface area (Å²) in [5.41, 5.74) is -0.521. The number of carbonyl (C=O) groups excluding carboxylic acids is 3. The van der Waals surface area contributed by atoms with Gasteiger partial charge in [0.05, 0.1) is 30.6 Å². The van der Waals surface area contributed by atoms with E-state index < -0.39 is 35.6 Å². The van der Waals surface area contributed by atoms with Crippen molar-refractivity contribution < 1.29 is 24.2 Å². The fourth-order valence-corrected chi connectivity index (χ4v) is 7.31. The van der Waals surface area contributed by atoms with Crippen LogP contribution in [0.4, 0.5) is 0 Å². The first-order valence-corrected chi connectivity index (χ1v) is 13.5. The second-order valence-corrected chi connectivity index (χ2v) is 11.0.